The Morgan fingerprint density at radius 1 is 1.26 bits per heavy atom. The van der Waals surface area contributed by atoms with Gasteiger partial charge in [-0.15, -0.1) is 0 Å². The van der Waals surface area contributed by atoms with Crippen LogP contribution in [0.15, 0.2) is 18.2 Å². The molecule has 2 unspecified atom stereocenters. The van der Waals surface area contributed by atoms with Crippen LogP contribution >= 0.6 is 0 Å². The molecule has 0 aromatic heterocycles. The summed E-state index contributed by atoms with van der Waals surface area (Å²) in [5.41, 5.74) is 1.03. The van der Waals surface area contributed by atoms with Crippen LogP contribution in [0.3, 0.4) is 0 Å². The van der Waals surface area contributed by atoms with Gasteiger partial charge in [0, 0.05) is 31.8 Å². The van der Waals surface area contributed by atoms with Gasteiger partial charge in [0.1, 0.15) is 11.9 Å². The Morgan fingerprint density at radius 2 is 2.00 bits per heavy atom. The molecule has 1 aromatic carbocycles. The Morgan fingerprint density at radius 3 is 2.67 bits per heavy atom. The number of benzene rings is 1. The summed E-state index contributed by atoms with van der Waals surface area (Å²) in [5, 5.41) is 2.63. The number of fused-ring (bicyclic) bond motifs is 2. The average Bonchev–Trinajstić information content (AvgIpc) is 3.00. The average molecular weight is 377 g/mol. The maximum atomic E-state index is 14.8. The molecule has 27 heavy (non-hydrogen) atoms. The molecule has 8 heteroatoms. The Kier molecular flexibility index (Phi) is 4.90. The summed E-state index contributed by atoms with van der Waals surface area (Å²) in [6.07, 6.45) is 0.179. The van der Waals surface area contributed by atoms with E-state index in [-0.39, 0.29) is 24.8 Å². The van der Waals surface area contributed by atoms with Crippen LogP contribution < -0.4 is 15.1 Å². The monoisotopic (exact) mass is 377 g/mol. The van der Waals surface area contributed by atoms with Gasteiger partial charge < -0.3 is 19.7 Å². The standard InChI is InChI=1S/C19H24FN3O4/c1-12(24)21-6-16-9-23(19(25)27-16)15-2-3-18(17(20)5-15)22-7-13-4-14(8-22)11-26-10-13/h2-3,5,13-14,16H,4,6-11H2,1H3,(H,21,24)/t13?,14?,16-/m0/s1. The molecule has 3 atom stereocenters. The zero-order valence-electron chi connectivity index (χ0n) is 15.3. The second-order valence-electron chi connectivity index (χ2n) is 7.60. The van der Waals surface area contributed by atoms with Crippen LogP contribution in [0.2, 0.25) is 0 Å². The minimum Gasteiger partial charge on any atom is -0.442 e. The summed E-state index contributed by atoms with van der Waals surface area (Å²) in [6, 6.07) is 4.88. The van der Waals surface area contributed by atoms with Crippen LogP contribution in [0.4, 0.5) is 20.6 Å². The summed E-state index contributed by atoms with van der Waals surface area (Å²) in [6.45, 7) is 4.99. The van der Waals surface area contributed by atoms with Crippen molar-refractivity contribution in [3.8, 4) is 0 Å². The minimum atomic E-state index is -0.526. The molecule has 146 valence electrons. The van der Waals surface area contributed by atoms with Crippen molar-refractivity contribution in [1.82, 2.24) is 5.32 Å². The Labute approximate surface area is 157 Å². The first kappa shape index (κ1) is 18.0. The molecule has 7 nitrogen and oxygen atoms in total. The highest BCUT2D eigenvalue weighted by Gasteiger charge is 2.34. The van der Waals surface area contributed by atoms with Gasteiger partial charge in [0.15, 0.2) is 0 Å². The molecule has 1 N–H and O–H groups in total. The van der Waals surface area contributed by atoms with E-state index in [1.165, 1.54) is 17.9 Å². The van der Waals surface area contributed by atoms with E-state index in [1.54, 1.807) is 12.1 Å². The van der Waals surface area contributed by atoms with E-state index in [0.717, 1.165) is 32.7 Å². The predicted molar refractivity (Wildman–Crippen MR) is 97.3 cm³/mol. The molecule has 1 aromatic rings. The first-order valence-corrected chi connectivity index (χ1v) is 9.34. The van der Waals surface area contributed by atoms with Crippen LogP contribution in [0.1, 0.15) is 13.3 Å². The second-order valence-corrected chi connectivity index (χ2v) is 7.60. The third kappa shape index (κ3) is 3.85. The topological polar surface area (TPSA) is 71.1 Å². The smallest absolute Gasteiger partial charge is 0.414 e. The molecule has 3 fully saturated rings. The van der Waals surface area contributed by atoms with E-state index < -0.39 is 12.2 Å². The van der Waals surface area contributed by atoms with Crippen molar-refractivity contribution in [2.75, 3.05) is 49.2 Å². The molecule has 2 amide bonds. The van der Waals surface area contributed by atoms with Crippen LogP contribution in [0, 0.1) is 17.7 Å². The zero-order chi connectivity index (χ0) is 19.0. The molecule has 4 rings (SSSR count). The van der Waals surface area contributed by atoms with Crippen LogP contribution in [0.5, 0.6) is 0 Å². The molecule has 0 aliphatic carbocycles. The molecular formula is C19H24FN3O4. The number of piperidine rings is 1. The summed E-state index contributed by atoms with van der Waals surface area (Å²) < 4.78 is 25.7. The third-order valence-corrected chi connectivity index (χ3v) is 5.37. The van der Waals surface area contributed by atoms with Gasteiger partial charge in [-0.3, -0.25) is 9.69 Å². The fourth-order valence-corrected chi connectivity index (χ4v) is 4.17. The fourth-order valence-electron chi connectivity index (χ4n) is 4.17. The maximum absolute atomic E-state index is 14.8. The van der Waals surface area contributed by atoms with Gasteiger partial charge in [0.25, 0.3) is 0 Å². The molecular weight excluding hydrogens is 353 g/mol. The highest BCUT2D eigenvalue weighted by Crippen LogP contribution is 2.33. The fraction of sp³-hybridized carbons (Fsp3) is 0.579. The lowest BCUT2D eigenvalue weighted by Gasteiger charge is -2.42. The SMILES string of the molecule is CC(=O)NC[C@H]1CN(c2ccc(N3CC4COCC(C4)C3)c(F)c2)C(=O)O1. The van der Waals surface area contributed by atoms with Crippen molar-refractivity contribution in [3.63, 3.8) is 0 Å². The van der Waals surface area contributed by atoms with E-state index in [9.17, 15) is 14.0 Å². The van der Waals surface area contributed by atoms with Gasteiger partial charge in [-0.25, -0.2) is 9.18 Å². The second kappa shape index (κ2) is 7.34. The number of carbonyl (C=O) groups excluding carboxylic acids is 2. The number of amides is 2. The zero-order valence-corrected chi connectivity index (χ0v) is 15.3. The number of ether oxygens (including phenoxy) is 2. The number of nitrogens with zero attached hydrogens (tertiary/aromatic N) is 2. The molecule has 0 saturated carbocycles. The molecule has 3 saturated heterocycles. The lowest BCUT2D eigenvalue weighted by molar-refractivity contribution is -0.119. The first-order valence-electron chi connectivity index (χ1n) is 9.34. The summed E-state index contributed by atoms with van der Waals surface area (Å²) in [7, 11) is 0. The van der Waals surface area contributed by atoms with Gasteiger partial charge in [0.05, 0.1) is 37.7 Å². The number of hydrogen-bond donors (Lipinski definition) is 1. The van der Waals surface area contributed by atoms with Gasteiger partial charge >= 0.3 is 6.09 Å². The van der Waals surface area contributed by atoms with E-state index >= 15 is 0 Å². The van der Waals surface area contributed by atoms with Crippen molar-refractivity contribution in [3.05, 3.63) is 24.0 Å². The highest BCUT2D eigenvalue weighted by molar-refractivity contribution is 5.90. The number of hydrogen-bond acceptors (Lipinski definition) is 5. The highest BCUT2D eigenvalue weighted by atomic mass is 19.1. The van der Waals surface area contributed by atoms with Crippen molar-refractivity contribution in [2.45, 2.75) is 19.4 Å². The molecule has 3 heterocycles. The first-order chi connectivity index (χ1) is 13.0. The van der Waals surface area contributed by atoms with Crippen molar-refractivity contribution in [2.24, 2.45) is 11.8 Å². The lowest BCUT2D eigenvalue weighted by atomic mass is 9.88. The van der Waals surface area contributed by atoms with E-state index in [2.05, 4.69) is 10.2 Å². The van der Waals surface area contributed by atoms with Crippen LogP contribution in [-0.4, -0.2) is 57.5 Å². The molecule has 3 aliphatic rings. The summed E-state index contributed by atoms with van der Waals surface area (Å²) >= 11 is 0. The molecule has 0 radical (unpaired) electrons. The van der Waals surface area contributed by atoms with Crippen molar-refractivity contribution >= 4 is 23.4 Å². The normalized spacial score (nSPS) is 27.5. The number of cyclic esters (lactones) is 1. The van der Waals surface area contributed by atoms with Gasteiger partial charge in [0.2, 0.25) is 5.91 Å². The van der Waals surface area contributed by atoms with Gasteiger partial charge in [-0.1, -0.05) is 0 Å². The molecule has 0 spiro atoms. The predicted octanol–water partition coefficient (Wildman–Crippen LogP) is 1.76. The minimum absolute atomic E-state index is 0.184. The van der Waals surface area contributed by atoms with Crippen molar-refractivity contribution in [1.29, 1.82) is 0 Å². The third-order valence-electron chi connectivity index (χ3n) is 5.37. The lowest BCUT2D eigenvalue weighted by Crippen LogP contribution is -2.47. The van der Waals surface area contributed by atoms with Gasteiger partial charge in [-0.2, -0.15) is 0 Å². The maximum Gasteiger partial charge on any atom is 0.414 e. The quantitative estimate of drug-likeness (QED) is 0.866. The largest absolute Gasteiger partial charge is 0.442 e. The number of nitrogens with one attached hydrogen (secondary N) is 1. The van der Waals surface area contributed by atoms with Gasteiger partial charge in [-0.05, 0) is 24.6 Å². The number of carbonyl (C=O) groups is 2. The Bertz CT molecular complexity index is 732. The Hall–Kier alpha value is -2.35. The van der Waals surface area contributed by atoms with Crippen LogP contribution in [-0.2, 0) is 14.3 Å². The van der Waals surface area contributed by atoms with E-state index in [0.29, 0.717) is 23.2 Å². The van der Waals surface area contributed by atoms with E-state index in [4.69, 9.17) is 9.47 Å². The summed E-state index contributed by atoms with van der Waals surface area (Å²) in [4.78, 5) is 26.6. The molecule has 3 aliphatic heterocycles. The van der Waals surface area contributed by atoms with Crippen molar-refractivity contribution < 1.29 is 23.5 Å². The Balaban J connectivity index is 1.45. The van der Waals surface area contributed by atoms with E-state index in [1.807, 2.05) is 0 Å². The summed E-state index contributed by atoms with van der Waals surface area (Å²) in [5.74, 6) is 0.363. The van der Waals surface area contributed by atoms with Crippen LogP contribution in [0.25, 0.3) is 0 Å². The number of halogens is 1. The molecule has 2 bridgehead atoms. The number of anilines is 2. The number of rotatable bonds is 4.